The van der Waals surface area contributed by atoms with E-state index in [1.807, 2.05) is 0 Å². The van der Waals surface area contributed by atoms with Crippen molar-refractivity contribution < 1.29 is 23.6 Å². The number of nitrogens with zero attached hydrogens (tertiary/aromatic N) is 1. The molecule has 1 N–H and O–H groups in total. The van der Waals surface area contributed by atoms with E-state index in [9.17, 15) is 23.6 Å². The van der Waals surface area contributed by atoms with Gasteiger partial charge >= 0.3 is 0 Å². The number of halogens is 1. The number of carbonyl (C=O) groups excluding carboxylic acids is 4. The smallest absolute Gasteiger partial charge is 0.265 e. The van der Waals surface area contributed by atoms with Crippen molar-refractivity contribution in [2.75, 3.05) is 0 Å². The van der Waals surface area contributed by atoms with Gasteiger partial charge in [-0.1, -0.05) is 0 Å². The van der Waals surface area contributed by atoms with Crippen LogP contribution < -0.4 is 5.32 Å². The van der Waals surface area contributed by atoms with Crippen LogP contribution >= 0.6 is 0 Å². The lowest BCUT2D eigenvalue weighted by Gasteiger charge is -2.27. The molecule has 1 aromatic rings. The van der Waals surface area contributed by atoms with Crippen LogP contribution in [-0.4, -0.2) is 34.6 Å². The number of rotatable bonds is 1. The van der Waals surface area contributed by atoms with E-state index in [0.717, 1.165) is 11.0 Å². The van der Waals surface area contributed by atoms with E-state index in [0.29, 0.717) is 5.56 Å². The Kier molecular flexibility index (Phi) is 2.86. The number of fused-ring (bicyclic) bond motifs is 1. The molecule has 21 heavy (non-hydrogen) atoms. The van der Waals surface area contributed by atoms with Crippen LogP contribution in [0.15, 0.2) is 12.1 Å². The van der Waals surface area contributed by atoms with Gasteiger partial charge in [-0.2, -0.15) is 0 Å². The zero-order valence-electron chi connectivity index (χ0n) is 11.1. The lowest BCUT2D eigenvalue weighted by atomic mass is 10.0. The summed E-state index contributed by atoms with van der Waals surface area (Å²) in [6, 6.07) is 1.51. The molecule has 2 heterocycles. The molecule has 4 amide bonds. The molecule has 0 saturated carbocycles. The molecular formula is C14H11FN2O4. The number of hydrogen-bond donors (Lipinski definition) is 1. The Hall–Kier alpha value is -2.57. The average molecular weight is 290 g/mol. The summed E-state index contributed by atoms with van der Waals surface area (Å²) in [4.78, 5) is 48.3. The highest BCUT2D eigenvalue weighted by Crippen LogP contribution is 2.30. The van der Waals surface area contributed by atoms with E-state index in [2.05, 4.69) is 5.32 Å². The Labute approximate surface area is 118 Å². The number of carbonyl (C=O) groups is 4. The third kappa shape index (κ3) is 1.93. The van der Waals surface area contributed by atoms with Gasteiger partial charge in [-0.15, -0.1) is 0 Å². The van der Waals surface area contributed by atoms with E-state index >= 15 is 0 Å². The number of amides is 4. The number of nitrogens with one attached hydrogen (secondary N) is 1. The van der Waals surface area contributed by atoms with Gasteiger partial charge in [0.15, 0.2) is 0 Å². The lowest BCUT2D eigenvalue weighted by Crippen LogP contribution is -2.54. The van der Waals surface area contributed by atoms with Crippen molar-refractivity contribution in [3.05, 3.63) is 34.6 Å². The van der Waals surface area contributed by atoms with E-state index < -0.39 is 35.5 Å². The molecule has 2 aliphatic heterocycles. The first kappa shape index (κ1) is 13.4. The number of hydrogen-bond acceptors (Lipinski definition) is 4. The van der Waals surface area contributed by atoms with Crippen LogP contribution in [0.25, 0.3) is 0 Å². The predicted octanol–water partition coefficient (Wildman–Crippen LogP) is 0.535. The van der Waals surface area contributed by atoms with Crippen molar-refractivity contribution >= 4 is 23.6 Å². The summed E-state index contributed by atoms with van der Waals surface area (Å²) >= 11 is 0. The highest BCUT2D eigenvalue weighted by molar-refractivity contribution is 6.23. The van der Waals surface area contributed by atoms with Gasteiger partial charge in [0.2, 0.25) is 11.8 Å². The normalized spacial score (nSPS) is 21.6. The van der Waals surface area contributed by atoms with Crippen molar-refractivity contribution in [2.45, 2.75) is 25.8 Å². The van der Waals surface area contributed by atoms with Crippen LogP contribution in [0, 0.1) is 12.7 Å². The standard InChI is InChI=1S/C14H11FN2O4/c1-6-4-7-11(8(15)5-6)14(21)17(13(7)20)9-2-3-10(18)16-12(9)19/h4-5,9H,2-3H2,1H3,(H,16,18,19)/t9-/m0/s1. The molecule has 1 atom stereocenters. The van der Waals surface area contributed by atoms with E-state index in [4.69, 9.17) is 0 Å². The summed E-state index contributed by atoms with van der Waals surface area (Å²) in [6.07, 6.45) is 0.0854. The second kappa shape index (κ2) is 4.47. The predicted molar refractivity (Wildman–Crippen MR) is 67.8 cm³/mol. The van der Waals surface area contributed by atoms with Crippen LogP contribution in [-0.2, 0) is 9.59 Å². The molecule has 0 radical (unpaired) electrons. The highest BCUT2D eigenvalue weighted by atomic mass is 19.1. The Balaban J connectivity index is 2.02. The van der Waals surface area contributed by atoms with Crippen molar-refractivity contribution in [1.29, 1.82) is 0 Å². The zero-order chi connectivity index (χ0) is 15.3. The molecule has 2 aliphatic rings. The molecule has 3 rings (SSSR count). The number of imide groups is 2. The van der Waals surface area contributed by atoms with Gasteiger partial charge in [0.25, 0.3) is 11.8 Å². The second-order valence-corrected chi connectivity index (χ2v) is 5.12. The minimum atomic E-state index is -1.07. The molecule has 0 unspecified atom stereocenters. The summed E-state index contributed by atoms with van der Waals surface area (Å²) in [7, 11) is 0. The summed E-state index contributed by atoms with van der Waals surface area (Å²) in [5.41, 5.74) is 0.162. The van der Waals surface area contributed by atoms with E-state index in [-0.39, 0.29) is 24.0 Å². The van der Waals surface area contributed by atoms with Crippen molar-refractivity contribution in [3.8, 4) is 0 Å². The molecular weight excluding hydrogens is 279 g/mol. The fraction of sp³-hybridized carbons (Fsp3) is 0.286. The molecule has 0 bridgehead atoms. The first-order chi connectivity index (χ1) is 9.90. The minimum Gasteiger partial charge on any atom is -0.295 e. The van der Waals surface area contributed by atoms with Crippen LogP contribution in [0.4, 0.5) is 4.39 Å². The van der Waals surface area contributed by atoms with Gasteiger partial charge in [0, 0.05) is 6.42 Å². The van der Waals surface area contributed by atoms with Crippen LogP contribution in [0.1, 0.15) is 39.1 Å². The molecule has 6 nitrogen and oxygen atoms in total. The van der Waals surface area contributed by atoms with Crippen molar-refractivity contribution in [2.24, 2.45) is 0 Å². The van der Waals surface area contributed by atoms with Crippen molar-refractivity contribution in [1.82, 2.24) is 10.2 Å². The maximum Gasteiger partial charge on any atom is 0.265 e. The Morgan fingerprint density at radius 1 is 1.19 bits per heavy atom. The average Bonchev–Trinajstić information content (AvgIpc) is 2.63. The minimum absolute atomic E-state index is 0.0331. The molecule has 1 aromatic carbocycles. The van der Waals surface area contributed by atoms with Crippen LogP contribution in [0.3, 0.4) is 0 Å². The summed E-state index contributed by atoms with van der Waals surface area (Å²) < 4.78 is 13.9. The third-order valence-corrected chi connectivity index (χ3v) is 3.64. The van der Waals surface area contributed by atoms with Crippen LogP contribution in [0.2, 0.25) is 0 Å². The largest absolute Gasteiger partial charge is 0.295 e. The Bertz CT molecular complexity index is 713. The summed E-state index contributed by atoms with van der Waals surface area (Å²) in [6.45, 7) is 1.61. The van der Waals surface area contributed by atoms with Gasteiger partial charge in [0.1, 0.15) is 11.9 Å². The van der Waals surface area contributed by atoms with Gasteiger partial charge < -0.3 is 0 Å². The SMILES string of the molecule is Cc1cc(F)c2c(c1)C(=O)N([C@H]1CCC(=O)NC1=O)C2=O. The molecule has 0 aliphatic carbocycles. The van der Waals surface area contributed by atoms with Crippen molar-refractivity contribution in [3.63, 3.8) is 0 Å². The summed E-state index contributed by atoms with van der Waals surface area (Å²) in [5.74, 6) is -3.47. The lowest BCUT2D eigenvalue weighted by molar-refractivity contribution is -0.136. The monoisotopic (exact) mass is 290 g/mol. The zero-order valence-corrected chi connectivity index (χ0v) is 11.1. The van der Waals surface area contributed by atoms with Gasteiger partial charge in [-0.05, 0) is 31.0 Å². The van der Waals surface area contributed by atoms with Gasteiger partial charge in [-0.3, -0.25) is 29.4 Å². The maximum atomic E-state index is 13.9. The quantitative estimate of drug-likeness (QED) is 0.765. The number of aryl methyl sites for hydroxylation is 1. The Morgan fingerprint density at radius 2 is 1.90 bits per heavy atom. The number of piperidine rings is 1. The van der Waals surface area contributed by atoms with Gasteiger partial charge in [0.05, 0.1) is 11.1 Å². The molecule has 7 heteroatoms. The highest BCUT2D eigenvalue weighted by Gasteiger charge is 2.45. The molecule has 0 spiro atoms. The second-order valence-electron chi connectivity index (χ2n) is 5.12. The molecule has 1 fully saturated rings. The molecule has 108 valence electrons. The summed E-state index contributed by atoms with van der Waals surface area (Å²) in [5, 5.41) is 2.08. The topological polar surface area (TPSA) is 83.6 Å². The number of benzene rings is 1. The van der Waals surface area contributed by atoms with Gasteiger partial charge in [-0.25, -0.2) is 4.39 Å². The fourth-order valence-corrected chi connectivity index (χ4v) is 2.68. The Morgan fingerprint density at radius 3 is 2.57 bits per heavy atom. The maximum absolute atomic E-state index is 13.9. The molecule has 1 saturated heterocycles. The van der Waals surface area contributed by atoms with E-state index in [1.54, 1.807) is 6.92 Å². The first-order valence-electron chi connectivity index (χ1n) is 6.42. The third-order valence-electron chi connectivity index (χ3n) is 3.64. The van der Waals surface area contributed by atoms with E-state index in [1.165, 1.54) is 6.07 Å². The molecule has 0 aromatic heterocycles. The first-order valence-corrected chi connectivity index (χ1v) is 6.42. The fourth-order valence-electron chi connectivity index (χ4n) is 2.68. The van der Waals surface area contributed by atoms with Crippen LogP contribution in [0.5, 0.6) is 0 Å².